The third kappa shape index (κ3) is 4.72. The molecule has 0 spiro atoms. The van der Waals surface area contributed by atoms with Crippen LogP contribution in [0.3, 0.4) is 0 Å². The monoisotopic (exact) mass is 382 g/mol. The highest BCUT2D eigenvalue weighted by Crippen LogP contribution is 2.37. The third-order valence-electron chi connectivity index (χ3n) is 2.12. The number of hydrogen-bond donors (Lipinski definition) is 0. The second-order valence-electron chi connectivity index (χ2n) is 3.29. The van der Waals surface area contributed by atoms with Crippen LogP contribution in [0.2, 0.25) is 0 Å². The summed E-state index contributed by atoms with van der Waals surface area (Å²) < 4.78 is 12.0. The third-order valence-corrected chi connectivity index (χ3v) is 4.22. The fourth-order valence-corrected chi connectivity index (χ4v) is 2.75. The van der Waals surface area contributed by atoms with Crippen LogP contribution in [0.1, 0.15) is 12.5 Å². The minimum Gasteiger partial charge on any atom is -0.493 e. The van der Waals surface area contributed by atoms with Crippen molar-refractivity contribution in [1.82, 2.24) is 0 Å². The molecule has 17 heavy (non-hydrogen) atoms. The average molecular weight is 384 g/mol. The number of alkyl halides is 1. The van der Waals surface area contributed by atoms with Crippen LogP contribution >= 0.6 is 43.6 Å². The number of rotatable bonds is 7. The van der Waals surface area contributed by atoms with Gasteiger partial charge in [0.2, 0.25) is 0 Å². The van der Waals surface area contributed by atoms with Gasteiger partial charge in [0.25, 0.3) is 0 Å². The second kappa shape index (κ2) is 8.27. The zero-order valence-corrected chi connectivity index (χ0v) is 14.0. The molecule has 1 rings (SSSR count). The summed E-state index contributed by atoms with van der Waals surface area (Å²) in [4.78, 5) is 0. The average Bonchev–Trinajstić information content (AvgIpc) is 2.35. The Morgan fingerprint density at radius 3 is 2.71 bits per heavy atom. The van der Waals surface area contributed by atoms with Gasteiger partial charge in [0.1, 0.15) is 0 Å². The lowest BCUT2D eigenvalue weighted by Crippen LogP contribution is -2.03. The lowest BCUT2D eigenvalue weighted by atomic mass is 10.2. The van der Waals surface area contributed by atoms with Gasteiger partial charge in [0, 0.05) is 11.1 Å². The number of thioether (sulfide) groups is 1. The van der Waals surface area contributed by atoms with Crippen molar-refractivity contribution in [2.75, 3.05) is 25.2 Å². The zero-order chi connectivity index (χ0) is 12.7. The molecule has 0 heterocycles. The molecule has 0 unspecified atom stereocenters. The fraction of sp³-hybridized carbons (Fsp3) is 0.500. The minimum atomic E-state index is 0.696. The van der Waals surface area contributed by atoms with Gasteiger partial charge in [0.15, 0.2) is 11.5 Å². The maximum Gasteiger partial charge on any atom is 0.175 e. The maximum absolute atomic E-state index is 5.75. The molecule has 0 bridgehead atoms. The molecule has 0 saturated heterocycles. The van der Waals surface area contributed by atoms with E-state index in [0.717, 1.165) is 38.4 Å². The fourth-order valence-electron chi connectivity index (χ4n) is 1.34. The second-order valence-corrected chi connectivity index (χ2v) is 6.10. The van der Waals surface area contributed by atoms with Crippen molar-refractivity contribution in [1.29, 1.82) is 0 Å². The first-order valence-corrected chi connectivity index (χ1v) is 8.42. The lowest BCUT2D eigenvalue weighted by Gasteiger charge is -2.13. The van der Waals surface area contributed by atoms with E-state index in [1.165, 1.54) is 0 Å². The Hall–Kier alpha value is 0.130. The summed E-state index contributed by atoms with van der Waals surface area (Å²) in [6.45, 7) is 2.84. The smallest absolute Gasteiger partial charge is 0.175 e. The molecule has 2 nitrogen and oxygen atoms in total. The van der Waals surface area contributed by atoms with E-state index in [-0.39, 0.29) is 0 Å². The van der Waals surface area contributed by atoms with Crippen LogP contribution in [0.15, 0.2) is 16.6 Å². The highest BCUT2D eigenvalue weighted by Gasteiger charge is 2.11. The molecule has 96 valence electrons. The number of benzene rings is 1. The highest BCUT2D eigenvalue weighted by molar-refractivity contribution is 9.10. The topological polar surface area (TPSA) is 18.5 Å². The molecule has 0 fully saturated rings. The summed E-state index contributed by atoms with van der Waals surface area (Å²) in [5.74, 6) is 3.67. The van der Waals surface area contributed by atoms with Crippen LogP contribution in [-0.4, -0.2) is 25.2 Å². The van der Waals surface area contributed by atoms with Gasteiger partial charge >= 0.3 is 0 Å². The van der Waals surface area contributed by atoms with E-state index in [1.54, 1.807) is 7.11 Å². The Labute approximate surface area is 124 Å². The van der Waals surface area contributed by atoms with Crippen molar-refractivity contribution >= 4 is 43.6 Å². The van der Waals surface area contributed by atoms with Crippen LogP contribution in [0.5, 0.6) is 11.5 Å². The first-order chi connectivity index (χ1) is 8.22. The molecule has 0 N–H and O–H groups in total. The lowest BCUT2D eigenvalue weighted by molar-refractivity contribution is 0.311. The van der Waals surface area contributed by atoms with E-state index >= 15 is 0 Å². The van der Waals surface area contributed by atoms with Crippen molar-refractivity contribution in [3.05, 3.63) is 22.2 Å². The molecule has 5 heteroatoms. The summed E-state index contributed by atoms with van der Waals surface area (Å²) in [6, 6.07) is 4.03. The molecule has 0 radical (unpaired) electrons. The summed E-state index contributed by atoms with van der Waals surface area (Å²) >= 11 is 8.81. The first kappa shape index (κ1) is 15.2. The van der Waals surface area contributed by atoms with E-state index in [2.05, 4.69) is 38.8 Å². The van der Waals surface area contributed by atoms with E-state index in [9.17, 15) is 0 Å². The largest absolute Gasteiger partial charge is 0.493 e. The number of halogens is 2. The summed E-state index contributed by atoms with van der Waals surface area (Å²) in [7, 11) is 1.66. The van der Waals surface area contributed by atoms with Gasteiger partial charge in [-0.2, -0.15) is 11.8 Å². The molecule has 0 aliphatic heterocycles. The summed E-state index contributed by atoms with van der Waals surface area (Å²) in [6.07, 6.45) is 0. The van der Waals surface area contributed by atoms with Gasteiger partial charge in [-0.1, -0.05) is 22.9 Å². The van der Waals surface area contributed by atoms with Crippen LogP contribution in [0.4, 0.5) is 0 Å². The van der Waals surface area contributed by atoms with Crippen LogP contribution < -0.4 is 9.47 Å². The Bertz CT molecular complexity index is 359. The molecule has 1 aromatic carbocycles. The van der Waals surface area contributed by atoms with Gasteiger partial charge in [-0.15, -0.1) is 0 Å². The maximum atomic E-state index is 5.75. The van der Waals surface area contributed by atoms with Gasteiger partial charge in [-0.3, -0.25) is 0 Å². The van der Waals surface area contributed by atoms with Gasteiger partial charge in [-0.05, 0) is 39.4 Å². The molecule has 0 amide bonds. The molecule has 1 aromatic rings. The Kier molecular flexibility index (Phi) is 7.39. The molecular weight excluding hydrogens is 368 g/mol. The van der Waals surface area contributed by atoms with E-state index in [1.807, 2.05) is 23.9 Å². The van der Waals surface area contributed by atoms with Gasteiger partial charge < -0.3 is 9.47 Å². The van der Waals surface area contributed by atoms with Crippen molar-refractivity contribution in [3.8, 4) is 11.5 Å². The van der Waals surface area contributed by atoms with Crippen molar-refractivity contribution in [2.45, 2.75) is 12.3 Å². The van der Waals surface area contributed by atoms with Crippen molar-refractivity contribution in [2.24, 2.45) is 0 Å². The van der Waals surface area contributed by atoms with E-state index in [0.29, 0.717) is 6.61 Å². The van der Waals surface area contributed by atoms with Crippen LogP contribution in [0, 0.1) is 0 Å². The van der Waals surface area contributed by atoms with Crippen LogP contribution in [-0.2, 0) is 5.33 Å². The summed E-state index contributed by atoms with van der Waals surface area (Å²) in [5, 5.41) is 0.800. The predicted molar refractivity (Wildman–Crippen MR) is 81.8 cm³/mol. The molecule has 0 aliphatic rings. The van der Waals surface area contributed by atoms with Gasteiger partial charge in [-0.25, -0.2) is 0 Å². The highest BCUT2D eigenvalue weighted by atomic mass is 79.9. The quantitative estimate of drug-likeness (QED) is 0.510. The summed E-state index contributed by atoms with van der Waals surface area (Å²) in [5.41, 5.74) is 1.16. The predicted octanol–water partition coefficient (Wildman–Crippen LogP) is 4.48. The Morgan fingerprint density at radius 2 is 2.12 bits per heavy atom. The van der Waals surface area contributed by atoms with E-state index in [4.69, 9.17) is 9.47 Å². The van der Waals surface area contributed by atoms with Crippen molar-refractivity contribution in [3.63, 3.8) is 0 Å². The normalized spacial score (nSPS) is 10.4. The standard InChI is InChI=1S/C12H16Br2O2S/c1-3-17-5-4-16-12-10(14)6-9(8-13)7-11(12)15-2/h6-7H,3-5,8H2,1-2H3. The van der Waals surface area contributed by atoms with Gasteiger partial charge in [0.05, 0.1) is 18.2 Å². The van der Waals surface area contributed by atoms with Crippen molar-refractivity contribution < 1.29 is 9.47 Å². The number of methoxy groups -OCH3 is 1. The molecule has 0 atom stereocenters. The Balaban J connectivity index is 2.75. The molecular formula is C12H16Br2O2S. The number of ether oxygens (including phenoxy) is 2. The van der Waals surface area contributed by atoms with E-state index < -0.39 is 0 Å². The molecule has 0 saturated carbocycles. The minimum absolute atomic E-state index is 0.696. The molecule has 0 aromatic heterocycles. The molecule has 0 aliphatic carbocycles. The number of hydrogen-bond acceptors (Lipinski definition) is 3. The SMILES string of the molecule is CCSCCOc1c(Br)cc(CBr)cc1OC. The first-order valence-electron chi connectivity index (χ1n) is 5.35. The zero-order valence-electron chi connectivity index (χ0n) is 9.96. The van der Waals surface area contributed by atoms with Crippen LogP contribution in [0.25, 0.3) is 0 Å². The Morgan fingerprint density at radius 1 is 1.35 bits per heavy atom.